The molecule has 7 heteroatoms. The minimum absolute atomic E-state index is 0. The number of guanidine groups is 1. The zero-order valence-electron chi connectivity index (χ0n) is 13.7. The molecule has 0 saturated carbocycles. The summed E-state index contributed by atoms with van der Waals surface area (Å²) in [6.45, 7) is 0.933. The van der Waals surface area contributed by atoms with Crippen LogP contribution in [0.5, 0.6) is 0 Å². The van der Waals surface area contributed by atoms with Crippen LogP contribution in [0, 0.1) is 17.1 Å². The lowest BCUT2D eigenvalue weighted by Crippen LogP contribution is -2.38. The number of nitrogens with one attached hydrogen (secondary N) is 2. The molecule has 0 amide bonds. The largest absolute Gasteiger partial charge is 0.356 e. The van der Waals surface area contributed by atoms with Crippen molar-refractivity contribution in [2.24, 2.45) is 4.99 Å². The number of aliphatic imine (C=N–C) groups is 1. The topological polar surface area (TPSA) is 60.2 Å². The van der Waals surface area contributed by atoms with E-state index in [-0.39, 0.29) is 30.5 Å². The number of hydrogen-bond donors (Lipinski definition) is 2. The molecule has 0 heterocycles. The van der Waals surface area contributed by atoms with Gasteiger partial charge in [0.05, 0.1) is 11.6 Å². The molecule has 0 saturated heterocycles. The van der Waals surface area contributed by atoms with Gasteiger partial charge >= 0.3 is 0 Å². The molecule has 2 rings (SSSR count). The minimum atomic E-state index is -0.409. The fourth-order valence-corrected chi connectivity index (χ4v) is 2.41. The summed E-state index contributed by atoms with van der Waals surface area (Å²) >= 11 is 6.12. The Kier molecular flexibility index (Phi) is 9.24. The Morgan fingerprint density at radius 3 is 2.60 bits per heavy atom. The first-order valence-electron chi connectivity index (χ1n) is 7.50. The summed E-state index contributed by atoms with van der Waals surface area (Å²) < 4.78 is 13.8. The second kappa shape index (κ2) is 10.9. The lowest BCUT2D eigenvalue weighted by atomic mass is 10.1. The smallest absolute Gasteiger partial charge is 0.191 e. The average Bonchev–Trinajstić information content (AvgIpc) is 2.60. The first kappa shape index (κ1) is 21.2. The Bertz CT molecular complexity index is 774. The van der Waals surface area contributed by atoms with Crippen LogP contribution in [0.4, 0.5) is 4.39 Å². The van der Waals surface area contributed by atoms with Crippen LogP contribution >= 0.6 is 35.6 Å². The van der Waals surface area contributed by atoms with Crippen LogP contribution in [-0.2, 0) is 13.0 Å². The third-order valence-corrected chi connectivity index (χ3v) is 3.87. The van der Waals surface area contributed by atoms with E-state index in [1.54, 1.807) is 19.2 Å². The molecular formula is C18H19ClFIN4. The van der Waals surface area contributed by atoms with Crippen LogP contribution in [-0.4, -0.2) is 19.6 Å². The van der Waals surface area contributed by atoms with Crippen molar-refractivity contribution >= 4 is 41.5 Å². The SMILES string of the molecule is CN=C(NCCc1ccccc1Cl)NCc1ccc(C#N)cc1F.I. The first-order chi connectivity index (χ1) is 11.6. The lowest BCUT2D eigenvalue weighted by Gasteiger charge is -2.13. The number of nitrogens with zero attached hydrogens (tertiary/aromatic N) is 2. The van der Waals surface area contributed by atoms with Gasteiger partial charge in [-0.05, 0) is 30.2 Å². The summed E-state index contributed by atoms with van der Waals surface area (Å²) in [6.07, 6.45) is 0.756. The molecule has 132 valence electrons. The second-order valence-electron chi connectivity index (χ2n) is 5.11. The molecule has 0 spiro atoms. The van der Waals surface area contributed by atoms with Gasteiger partial charge in [-0.3, -0.25) is 4.99 Å². The van der Waals surface area contributed by atoms with Crippen molar-refractivity contribution in [1.29, 1.82) is 5.26 Å². The van der Waals surface area contributed by atoms with Gasteiger partial charge in [0, 0.05) is 30.7 Å². The Hall–Kier alpha value is -1.85. The zero-order valence-corrected chi connectivity index (χ0v) is 16.8. The van der Waals surface area contributed by atoms with E-state index in [2.05, 4.69) is 15.6 Å². The Morgan fingerprint density at radius 1 is 1.20 bits per heavy atom. The second-order valence-corrected chi connectivity index (χ2v) is 5.52. The molecule has 0 aliphatic heterocycles. The number of hydrogen-bond acceptors (Lipinski definition) is 2. The molecule has 0 radical (unpaired) electrons. The molecule has 2 N–H and O–H groups in total. The molecule has 0 aliphatic carbocycles. The highest BCUT2D eigenvalue weighted by Crippen LogP contribution is 2.14. The number of halogens is 3. The fraction of sp³-hybridized carbons (Fsp3) is 0.222. The highest BCUT2D eigenvalue weighted by molar-refractivity contribution is 14.0. The van der Waals surface area contributed by atoms with Crippen molar-refractivity contribution in [3.63, 3.8) is 0 Å². The van der Waals surface area contributed by atoms with E-state index in [9.17, 15) is 4.39 Å². The molecule has 0 unspecified atom stereocenters. The summed E-state index contributed by atoms with van der Waals surface area (Å²) in [5.41, 5.74) is 1.84. The van der Waals surface area contributed by atoms with E-state index in [1.807, 2.05) is 30.3 Å². The Labute approximate surface area is 169 Å². The summed E-state index contributed by atoms with van der Waals surface area (Å²) in [7, 11) is 1.65. The third-order valence-electron chi connectivity index (χ3n) is 3.50. The van der Waals surface area contributed by atoms with Crippen molar-refractivity contribution in [3.8, 4) is 6.07 Å². The molecule has 0 atom stereocenters. The third kappa shape index (κ3) is 6.52. The molecule has 0 aliphatic rings. The van der Waals surface area contributed by atoms with Gasteiger partial charge in [-0.1, -0.05) is 35.9 Å². The van der Waals surface area contributed by atoms with Crippen LogP contribution in [0.25, 0.3) is 0 Å². The maximum absolute atomic E-state index is 13.8. The number of rotatable bonds is 5. The standard InChI is InChI=1S/C18H18ClFN4.HI/c1-22-18(23-9-8-14-4-2-3-5-16(14)19)24-12-15-7-6-13(11-21)10-17(15)20;/h2-7,10H,8-9,12H2,1H3,(H2,22,23,24);1H. The highest BCUT2D eigenvalue weighted by Gasteiger charge is 2.05. The molecular weight excluding hydrogens is 454 g/mol. The van der Waals surface area contributed by atoms with Gasteiger partial charge in [-0.25, -0.2) is 4.39 Å². The van der Waals surface area contributed by atoms with E-state index >= 15 is 0 Å². The highest BCUT2D eigenvalue weighted by atomic mass is 127. The van der Waals surface area contributed by atoms with E-state index in [1.165, 1.54) is 6.07 Å². The normalized spacial score (nSPS) is 10.6. The predicted molar refractivity (Wildman–Crippen MR) is 110 cm³/mol. The molecule has 0 fully saturated rings. The summed E-state index contributed by atoms with van der Waals surface area (Å²) in [4.78, 5) is 4.11. The monoisotopic (exact) mass is 472 g/mol. The van der Waals surface area contributed by atoms with E-state index < -0.39 is 5.82 Å². The van der Waals surface area contributed by atoms with Crippen molar-refractivity contribution in [1.82, 2.24) is 10.6 Å². The summed E-state index contributed by atoms with van der Waals surface area (Å²) in [5, 5.41) is 15.7. The minimum Gasteiger partial charge on any atom is -0.356 e. The van der Waals surface area contributed by atoms with Gasteiger partial charge in [-0.2, -0.15) is 5.26 Å². The maximum Gasteiger partial charge on any atom is 0.191 e. The number of nitriles is 1. The lowest BCUT2D eigenvalue weighted by molar-refractivity contribution is 0.604. The van der Waals surface area contributed by atoms with E-state index in [4.69, 9.17) is 16.9 Å². The van der Waals surface area contributed by atoms with Crippen molar-refractivity contribution in [2.75, 3.05) is 13.6 Å². The van der Waals surface area contributed by atoms with Crippen LogP contribution in [0.3, 0.4) is 0 Å². The molecule has 4 nitrogen and oxygen atoms in total. The molecule has 0 aromatic heterocycles. The van der Waals surface area contributed by atoms with Crippen LogP contribution in [0.15, 0.2) is 47.5 Å². The van der Waals surface area contributed by atoms with Crippen LogP contribution in [0.2, 0.25) is 5.02 Å². The summed E-state index contributed by atoms with van der Waals surface area (Å²) in [6, 6.07) is 14.0. The zero-order chi connectivity index (χ0) is 17.4. The molecule has 2 aromatic carbocycles. The van der Waals surface area contributed by atoms with Crippen LogP contribution < -0.4 is 10.6 Å². The first-order valence-corrected chi connectivity index (χ1v) is 7.88. The molecule has 2 aromatic rings. The van der Waals surface area contributed by atoms with Gasteiger partial charge in [0.25, 0.3) is 0 Å². The Morgan fingerprint density at radius 2 is 1.96 bits per heavy atom. The van der Waals surface area contributed by atoms with Crippen LogP contribution in [0.1, 0.15) is 16.7 Å². The van der Waals surface area contributed by atoms with Gasteiger partial charge in [0.15, 0.2) is 5.96 Å². The van der Waals surface area contributed by atoms with E-state index in [0.29, 0.717) is 23.6 Å². The fourth-order valence-electron chi connectivity index (χ4n) is 2.18. The quantitative estimate of drug-likeness (QED) is 0.394. The van der Waals surface area contributed by atoms with Crippen molar-refractivity contribution < 1.29 is 4.39 Å². The molecule has 0 bridgehead atoms. The molecule has 25 heavy (non-hydrogen) atoms. The van der Waals surface area contributed by atoms with E-state index in [0.717, 1.165) is 17.0 Å². The summed E-state index contributed by atoms with van der Waals surface area (Å²) in [5.74, 6) is 0.166. The van der Waals surface area contributed by atoms with Gasteiger partial charge in [0.2, 0.25) is 0 Å². The average molecular weight is 473 g/mol. The van der Waals surface area contributed by atoms with Gasteiger partial charge in [-0.15, -0.1) is 24.0 Å². The van der Waals surface area contributed by atoms with Crippen molar-refractivity contribution in [3.05, 3.63) is 70.0 Å². The van der Waals surface area contributed by atoms with Gasteiger partial charge in [0.1, 0.15) is 5.82 Å². The maximum atomic E-state index is 13.8. The predicted octanol–water partition coefficient (Wildman–Crippen LogP) is 3.88. The number of benzene rings is 2. The van der Waals surface area contributed by atoms with Crippen molar-refractivity contribution in [2.45, 2.75) is 13.0 Å². The Balaban J connectivity index is 0.00000312. The van der Waals surface area contributed by atoms with Gasteiger partial charge < -0.3 is 10.6 Å².